The van der Waals surface area contributed by atoms with E-state index in [-0.39, 0.29) is 5.91 Å². The standard InChI is InChI=1S/C15H21NO2/c1-4-18-14-8-6-5-7-13(14)9-10-15(17)16-11-12(2)3/h5-10,12H,4,11H2,1-3H3,(H,16,17). The van der Waals surface area contributed by atoms with Gasteiger partial charge in [0.2, 0.25) is 5.91 Å². The van der Waals surface area contributed by atoms with E-state index in [4.69, 9.17) is 4.74 Å². The summed E-state index contributed by atoms with van der Waals surface area (Å²) in [6.07, 6.45) is 3.32. The van der Waals surface area contributed by atoms with Crippen LogP contribution >= 0.6 is 0 Å². The molecule has 0 heterocycles. The van der Waals surface area contributed by atoms with Gasteiger partial charge in [0, 0.05) is 18.2 Å². The van der Waals surface area contributed by atoms with Crippen LogP contribution in [0.1, 0.15) is 26.3 Å². The lowest BCUT2D eigenvalue weighted by atomic mass is 10.2. The van der Waals surface area contributed by atoms with E-state index in [1.807, 2.05) is 31.2 Å². The molecule has 0 saturated carbocycles. The number of hydrogen-bond donors (Lipinski definition) is 1. The summed E-state index contributed by atoms with van der Waals surface area (Å²) in [7, 11) is 0. The van der Waals surface area contributed by atoms with Crippen LogP contribution in [0.3, 0.4) is 0 Å². The van der Waals surface area contributed by atoms with Gasteiger partial charge in [-0.15, -0.1) is 0 Å². The summed E-state index contributed by atoms with van der Waals surface area (Å²) in [5.74, 6) is 1.18. The van der Waals surface area contributed by atoms with Gasteiger partial charge in [0.25, 0.3) is 0 Å². The summed E-state index contributed by atoms with van der Waals surface area (Å²) in [5.41, 5.74) is 0.916. The van der Waals surface area contributed by atoms with Crippen molar-refractivity contribution >= 4 is 12.0 Å². The lowest BCUT2D eigenvalue weighted by molar-refractivity contribution is -0.116. The van der Waals surface area contributed by atoms with Crippen LogP contribution < -0.4 is 10.1 Å². The third kappa shape index (κ3) is 5.04. The molecule has 18 heavy (non-hydrogen) atoms. The van der Waals surface area contributed by atoms with E-state index >= 15 is 0 Å². The van der Waals surface area contributed by atoms with Gasteiger partial charge in [-0.2, -0.15) is 0 Å². The maximum absolute atomic E-state index is 11.6. The molecule has 0 bridgehead atoms. The number of nitrogens with one attached hydrogen (secondary N) is 1. The highest BCUT2D eigenvalue weighted by Gasteiger charge is 2.00. The molecule has 1 N–H and O–H groups in total. The molecule has 98 valence electrons. The minimum atomic E-state index is -0.0741. The highest BCUT2D eigenvalue weighted by atomic mass is 16.5. The van der Waals surface area contributed by atoms with Crippen LogP contribution in [0, 0.1) is 5.92 Å². The number of benzene rings is 1. The van der Waals surface area contributed by atoms with Gasteiger partial charge in [-0.1, -0.05) is 32.0 Å². The molecular weight excluding hydrogens is 226 g/mol. The Bertz CT molecular complexity index is 411. The number of carbonyl (C=O) groups is 1. The van der Waals surface area contributed by atoms with Gasteiger partial charge < -0.3 is 10.1 Å². The fourth-order valence-electron chi connectivity index (χ4n) is 1.43. The number of hydrogen-bond acceptors (Lipinski definition) is 2. The number of para-hydroxylation sites is 1. The molecule has 1 rings (SSSR count). The van der Waals surface area contributed by atoms with Gasteiger partial charge in [0.15, 0.2) is 0 Å². The maximum atomic E-state index is 11.6. The van der Waals surface area contributed by atoms with Crippen LogP contribution in [0.15, 0.2) is 30.3 Å². The highest BCUT2D eigenvalue weighted by molar-refractivity contribution is 5.92. The van der Waals surface area contributed by atoms with Crippen molar-refractivity contribution in [2.24, 2.45) is 5.92 Å². The third-order valence-electron chi connectivity index (χ3n) is 2.32. The van der Waals surface area contributed by atoms with Gasteiger partial charge in [0.1, 0.15) is 5.75 Å². The van der Waals surface area contributed by atoms with Crippen molar-refractivity contribution < 1.29 is 9.53 Å². The predicted molar refractivity (Wildman–Crippen MR) is 74.5 cm³/mol. The first-order valence-electron chi connectivity index (χ1n) is 6.31. The fourth-order valence-corrected chi connectivity index (χ4v) is 1.43. The highest BCUT2D eigenvalue weighted by Crippen LogP contribution is 2.19. The van der Waals surface area contributed by atoms with Crippen LogP contribution in [0.25, 0.3) is 6.08 Å². The molecule has 3 heteroatoms. The first-order chi connectivity index (χ1) is 8.63. The van der Waals surface area contributed by atoms with Crippen molar-refractivity contribution in [3.63, 3.8) is 0 Å². The Labute approximate surface area is 109 Å². The average molecular weight is 247 g/mol. The summed E-state index contributed by atoms with van der Waals surface area (Å²) >= 11 is 0. The molecule has 3 nitrogen and oxygen atoms in total. The molecule has 0 aliphatic carbocycles. The SMILES string of the molecule is CCOc1ccccc1C=CC(=O)NCC(C)C. The van der Waals surface area contributed by atoms with Crippen molar-refractivity contribution in [2.75, 3.05) is 13.2 Å². The third-order valence-corrected chi connectivity index (χ3v) is 2.32. The Morgan fingerprint density at radius 3 is 2.78 bits per heavy atom. The van der Waals surface area contributed by atoms with Crippen molar-refractivity contribution in [3.8, 4) is 5.75 Å². The van der Waals surface area contributed by atoms with E-state index in [9.17, 15) is 4.79 Å². The summed E-state index contributed by atoms with van der Waals surface area (Å²) in [5, 5.41) is 2.84. The molecule has 0 saturated heterocycles. The molecular formula is C15H21NO2. The van der Waals surface area contributed by atoms with E-state index in [0.717, 1.165) is 11.3 Å². The molecule has 0 aliphatic heterocycles. The minimum absolute atomic E-state index is 0.0741. The van der Waals surface area contributed by atoms with Crippen LogP contribution in [0.4, 0.5) is 0 Å². The molecule has 1 amide bonds. The summed E-state index contributed by atoms with van der Waals surface area (Å²) in [4.78, 5) is 11.6. The number of amides is 1. The van der Waals surface area contributed by atoms with E-state index in [0.29, 0.717) is 19.1 Å². The molecule has 1 aromatic rings. The van der Waals surface area contributed by atoms with Crippen LogP contribution in [-0.2, 0) is 4.79 Å². The van der Waals surface area contributed by atoms with Gasteiger partial charge in [-0.05, 0) is 25.0 Å². The van der Waals surface area contributed by atoms with Gasteiger partial charge in [0.05, 0.1) is 6.61 Å². The predicted octanol–water partition coefficient (Wildman–Crippen LogP) is 2.87. The topological polar surface area (TPSA) is 38.3 Å². The quantitative estimate of drug-likeness (QED) is 0.785. The molecule has 0 unspecified atom stereocenters. The Balaban J connectivity index is 2.63. The molecule has 0 aliphatic rings. The Hall–Kier alpha value is -1.77. The second-order valence-electron chi connectivity index (χ2n) is 4.44. The second-order valence-corrected chi connectivity index (χ2v) is 4.44. The van der Waals surface area contributed by atoms with Gasteiger partial charge >= 0.3 is 0 Å². The molecule has 0 spiro atoms. The van der Waals surface area contributed by atoms with Crippen molar-refractivity contribution in [2.45, 2.75) is 20.8 Å². The average Bonchev–Trinajstić information content (AvgIpc) is 2.35. The smallest absolute Gasteiger partial charge is 0.244 e. The fraction of sp³-hybridized carbons (Fsp3) is 0.400. The first-order valence-corrected chi connectivity index (χ1v) is 6.31. The Morgan fingerprint density at radius 2 is 2.11 bits per heavy atom. The second kappa shape index (κ2) is 7.54. The summed E-state index contributed by atoms with van der Waals surface area (Å²) < 4.78 is 5.48. The number of carbonyl (C=O) groups excluding carboxylic acids is 1. The van der Waals surface area contributed by atoms with E-state index < -0.39 is 0 Å². The number of rotatable bonds is 6. The van der Waals surface area contributed by atoms with Crippen molar-refractivity contribution in [1.29, 1.82) is 0 Å². The Kier molecular flexibility index (Phi) is 5.98. The maximum Gasteiger partial charge on any atom is 0.244 e. The lowest BCUT2D eigenvalue weighted by Gasteiger charge is -2.07. The summed E-state index contributed by atoms with van der Waals surface area (Å²) in [6, 6.07) is 7.67. The molecule has 0 fully saturated rings. The van der Waals surface area contributed by atoms with Crippen molar-refractivity contribution in [1.82, 2.24) is 5.32 Å². The zero-order valence-electron chi connectivity index (χ0n) is 11.3. The van der Waals surface area contributed by atoms with E-state index in [1.54, 1.807) is 12.2 Å². The van der Waals surface area contributed by atoms with Crippen LogP contribution in [0.2, 0.25) is 0 Å². The molecule has 0 atom stereocenters. The monoisotopic (exact) mass is 247 g/mol. The first kappa shape index (κ1) is 14.3. The largest absolute Gasteiger partial charge is 0.493 e. The zero-order valence-corrected chi connectivity index (χ0v) is 11.3. The lowest BCUT2D eigenvalue weighted by Crippen LogP contribution is -2.25. The van der Waals surface area contributed by atoms with E-state index in [2.05, 4.69) is 19.2 Å². The van der Waals surface area contributed by atoms with Gasteiger partial charge in [-0.25, -0.2) is 0 Å². The summed E-state index contributed by atoms with van der Waals surface area (Å²) in [6.45, 7) is 7.37. The van der Waals surface area contributed by atoms with Crippen LogP contribution in [0.5, 0.6) is 5.75 Å². The molecule has 1 aromatic carbocycles. The van der Waals surface area contributed by atoms with Crippen LogP contribution in [-0.4, -0.2) is 19.1 Å². The molecule has 0 radical (unpaired) electrons. The zero-order chi connectivity index (χ0) is 13.4. The molecule has 0 aromatic heterocycles. The normalized spacial score (nSPS) is 10.9. The minimum Gasteiger partial charge on any atom is -0.493 e. The van der Waals surface area contributed by atoms with E-state index in [1.165, 1.54) is 0 Å². The van der Waals surface area contributed by atoms with Gasteiger partial charge in [-0.3, -0.25) is 4.79 Å². The Morgan fingerprint density at radius 1 is 1.39 bits per heavy atom. The number of ether oxygens (including phenoxy) is 1. The van der Waals surface area contributed by atoms with Crippen molar-refractivity contribution in [3.05, 3.63) is 35.9 Å².